The van der Waals surface area contributed by atoms with Crippen molar-refractivity contribution in [2.45, 2.75) is 46.2 Å². The molecule has 11 heteroatoms. The lowest BCUT2D eigenvalue weighted by molar-refractivity contribution is -0.123. The summed E-state index contributed by atoms with van der Waals surface area (Å²) in [6.07, 6.45) is 0. The van der Waals surface area contributed by atoms with Gasteiger partial charge in [0.15, 0.2) is 17.2 Å². The number of anilines is 2. The number of hydrogen-bond donors (Lipinski definition) is 4. The Bertz CT molecular complexity index is 1360. The van der Waals surface area contributed by atoms with E-state index >= 15 is 0 Å². The van der Waals surface area contributed by atoms with Gasteiger partial charge in [0.1, 0.15) is 10.9 Å². The minimum absolute atomic E-state index is 0.0333. The Morgan fingerprint density at radius 3 is 2.38 bits per heavy atom. The number of amides is 3. The summed E-state index contributed by atoms with van der Waals surface area (Å²) in [6.45, 7) is 9.15. The van der Waals surface area contributed by atoms with Crippen LogP contribution in [0, 0.1) is 13.8 Å². The molecule has 0 saturated carbocycles. The normalized spacial score (nSPS) is 12.1. The number of phenols is 1. The van der Waals surface area contributed by atoms with E-state index in [0.717, 1.165) is 22.7 Å². The minimum Gasteiger partial charge on any atom is -0.504 e. The highest BCUT2D eigenvalue weighted by atomic mass is 32.1. The second-order valence-electron chi connectivity index (χ2n) is 9.68. The molecule has 2 aromatic carbocycles. The standard InChI is InChI=1S/C26H31N5O5S/c1-13-7-8-14(2)16(11-13)31(25(35)22-19(27)20(23(28)33)30-37-22)21(24(34)29-26(3,4)5)15-9-10-17(32)18(12-15)36-6/h7-12,21,32H,27H2,1-6H3,(H2,28,33)(H,29,34). The monoisotopic (exact) mass is 525 g/mol. The number of nitrogens with two attached hydrogens (primary N) is 2. The smallest absolute Gasteiger partial charge is 0.273 e. The first-order chi connectivity index (χ1) is 17.2. The van der Waals surface area contributed by atoms with E-state index in [0.29, 0.717) is 11.3 Å². The van der Waals surface area contributed by atoms with Gasteiger partial charge in [-0.1, -0.05) is 18.2 Å². The summed E-state index contributed by atoms with van der Waals surface area (Å²) >= 11 is 0.730. The zero-order valence-electron chi connectivity index (χ0n) is 21.6. The van der Waals surface area contributed by atoms with Crippen molar-refractivity contribution in [3.63, 3.8) is 0 Å². The van der Waals surface area contributed by atoms with Gasteiger partial charge in [0.2, 0.25) is 5.91 Å². The number of nitrogens with one attached hydrogen (secondary N) is 1. The molecule has 1 atom stereocenters. The van der Waals surface area contributed by atoms with Gasteiger partial charge in [-0.15, -0.1) is 0 Å². The topological polar surface area (TPSA) is 161 Å². The zero-order valence-corrected chi connectivity index (χ0v) is 22.4. The third kappa shape index (κ3) is 5.83. The molecule has 0 bridgehead atoms. The summed E-state index contributed by atoms with van der Waals surface area (Å²) in [4.78, 5) is 41.1. The molecule has 3 rings (SSSR count). The van der Waals surface area contributed by atoms with E-state index in [-0.39, 0.29) is 27.8 Å². The summed E-state index contributed by atoms with van der Waals surface area (Å²) in [5.41, 5.74) is 12.9. The van der Waals surface area contributed by atoms with Crippen molar-refractivity contribution in [2.24, 2.45) is 5.73 Å². The van der Waals surface area contributed by atoms with Crippen LogP contribution in [0.2, 0.25) is 0 Å². The molecule has 0 aliphatic rings. The number of carbonyl (C=O) groups excluding carboxylic acids is 3. The maximum Gasteiger partial charge on any atom is 0.273 e. The van der Waals surface area contributed by atoms with Crippen LogP contribution in [-0.2, 0) is 4.79 Å². The van der Waals surface area contributed by atoms with E-state index in [4.69, 9.17) is 16.2 Å². The molecule has 1 aromatic heterocycles. The zero-order chi connectivity index (χ0) is 27.7. The van der Waals surface area contributed by atoms with Crippen molar-refractivity contribution in [1.29, 1.82) is 0 Å². The predicted octanol–water partition coefficient (Wildman–Crippen LogP) is 3.46. The third-order valence-corrected chi connectivity index (χ3v) is 6.37. The van der Waals surface area contributed by atoms with Gasteiger partial charge < -0.3 is 26.6 Å². The Labute approximate surface area is 219 Å². The highest BCUT2D eigenvalue weighted by molar-refractivity contribution is 7.09. The quantitative estimate of drug-likeness (QED) is 0.367. The van der Waals surface area contributed by atoms with Crippen molar-refractivity contribution in [2.75, 3.05) is 17.7 Å². The van der Waals surface area contributed by atoms with Crippen LogP contribution in [0.3, 0.4) is 0 Å². The van der Waals surface area contributed by atoms with E-state index in [2.05, 4.69) is 9.69 Å². The summed E-state index contributed by atoms with van der Waals surface area (Å²) in [6, 6.07) is 8.74. The number of ether oxygens (including phenoxy) is 1. The second-order valence-corrected chi connectivity index (χ2v) is 10.4. The Balaban J connectivity index is 2.33. The molecule has 6 N–H and O–H groups in total. The maximum atomic E-state index is 14.2. The van der Waals surface area contributed by atoms with Crippen LogP contribution in [0.15, 0.2) is 36.4 Å². The number of rotatable bonds is 7. The fourth-order valence-corrected chi connectivity index (χ4v) is 4.55. The first kappa shape index (κ1) is 27.5. The lowest BCUT2D eigenvalue weighted by atomic mass is 9.98. The van der Waals surface area contributed by atoms with Crippen molar-refractivity contribution in [3.8, 4) is 11.5 Å². The molecule has 0 spiro atoms. The largest absolute Gasteiger partial charge is 0.504 e. The van der Waals surface area contributed by atoms with Crippen molar-refractivity contribution < 1.29 is 24.2 Å². The van der Waals surface area contributed by atoms with Gasteiger partial charge in [0.25, 0.3) is 11.8 Å². The molecule has 10 nitrogen and oxygen atoms in total. The van der Waals surface area contributed by atoms with Gasteiger partial charge in [0.05, 0.1) is 12.8 Å². The summed E-state index contributed by atoms with van der Waals surface area (Å²) in [7, 11) is 1.39. The second kappa shape index (κ2) is 10.5. The number of hydrogen-bond acceptors (Lipinski definition) is 8. The molecule has 0 saturated heterocycles. The fraction of sp³-hybridized carbons (Fsp3) is 0.308. The number of benzene rings is 2. The molecule has 0 aliphatic heterocycles. The lowest BCUT2D eigenvalue weighted by Crippen LogP contribution is -2.49. The number of aromatic hydroxyl groups is 1. The van der Waals surface area contributed by atoms with E-state index < -0.39 is 29.3 Å². The van der Waals surface area contributed by atoms with Crippen LogP contribution in [0.4, 0.5) is 11.4 Å². The number of phenolic OH excluding ortho intramolecular Hbond substituents is 1. The van der Waals surface area contributed by atoms with E-state index in [1.807, 2.05) is 46.8 Å². The van der Waals surface area contributed by atoms with Gasteiger partial charge in [0, 0.05) is 11.2 Å². The molecule has 1 heterocycles. The third-order valence-electron chi connectivity index (χ3n) is 5.52. The number of primary amides is 1. The van der Waals surface area contributed by atoms with Gasteiger partial charge in [-0.05, 0) is 81.0 Å². The SMILES string of the molecule is COc1cc(C(C(=O)NC(C)(C)C)N(C(=O)c2snc(C(N)=O)c2N)c2cc(C)ccc2C)ccc1O. The molecule has 0 fully saturated rings. The molecule has 0 aliphatic carbocycles. The van der Waals surface area contributed by atoms with Crippen LogP contribution >= 0.6 is 11.5 Å². The minimum atomic E-state index is -1.21. The Morgan fingerprint density at radius 2 is 1.81 bits per heavy atom. The van der Waals surface area contributed by atoms with E-state index in [1.54, 1.807) is 12.1 Å². The van der Waals surface area contributed by atoms with Crippen LogP contribution in [0.25, 0.3) is 0 Å². The first-order valence-electron chi connectivity index (χ1n) is 11.4. The molecule has 3 aromatic rings. The molecule has 1 unspecified atom stereocenters. The van der Waals surface area contributed by atoms with Gasteiger partial charge in [-0.25, -0.2) is 0 Å². The van der Waals surface area contributed by atoms with E-state index in [9.17, 15) is 19.5 Å². The number of methoxy groups -OCH3 is 1. The summed E-state index contributed by atoms with van der Waals surface area (Å²) in [5, 5.41) is 13.1. The number of nitrogen functional groups attached to an aromatic ring is 1. The van der Waals surface area contributed by atoms with Gasteiger partial charge in [-0.3, -0.25) is 19.3 Å². The van der Waals surface area contributed by atoms with Crippen LogP contribution < -0.4 is 26.4 Å². The van der Waals surface area contributed by atoms with Crippen LogP contribution in [-0.4, -0.2) is 39.9 Å². The molecular formula is C26H31N5O5S. The van der Waals surface area contributed by atoms with Gasteiger partial charge in [-0.2, -0.15) is 4.37 Å². The van der Waals surface area contributed by atoms with Crippen LogP contribution in [0.1, 0.15) is 63.7 Å². The number of carbonyl (C=O) groups is 3. The molecule has 37 heavy (non-hydrogen) atoms. The Hall–Kier alpha value is -4.12. The average molecular weight is 526 g/mol. The number of aromatic nitrogens is 1. The maximum absolute atomic E-state index is 14.2. The van der Waals surface area contributed by atoms with Crippen LogP contribution in [0.5, 0.6) is 11.5 Å². The Kier molecular flexibility index (Phi) is 7.77. The highest BCUT2D eigenvalue weighted by Gasteiger charge is 2.38. The number of nitrogens with zero attached hydrogens (tertiary/aromatic N) is 2. The molecule has 0 radical (unpaired) electrons. The van der Waals surface area contributed by atoms with Crippen molar-refractivity contribution >= 4 is 40.6 Å². The predicted molar refractivity (Wildman–Crippen MR) is 143 cm³/mol. The van der Waals surface area contributed by atoms with Gasteiger partial charge >= 0.3 is 0 Å². The fourth-order valence-electron chi connectivity index (χ4n) is 3.80. The van der Waals surface area contributed by atoms with Crippen molar-refractivity contribution in [3.05, 3.63) is 63.7 Å². The lowest BCUT2D eigenvalue weighted by Gasteiger charge is -2.34. The Morgan fingerprint density at radius 1 is 1.14 bits per heavy atom. The summed E-state index contributed by atoms with van der Waals surface area (Å²) in [5.74, 6) is -1.97. The number of aryl methyl sites for hydroxylation is 2. The molecule has 3 amide bonds. The molecule has 196 valence electrons. The first-order valence-corrected chi connectivity index (χ1v) is 12.2. The molecular weight excluding hydrogens is 494 g/mol. The average Bonchev–Trinajstić information content (AvgIpc) is 3.19. The van der Waals surface area contributed by atoms with Crippen molar-refractivity contribution in [1.82, 2.24) is 9.69 Å². The summed E-state index contributed by atoms with van der Waals surface area (Å²) < 4.78 is 9.24. The highest BCUT2D eigenvalue weighted by Crippen LogP contribution is 2.38. The van der Waals surface area contributed by atoms with E-state index in [1.165, 1.54) is 24.1 Å².